The number of nitrogens with zero attached hydrogens (tertiary/aromatic N) is 1. The monoisotopic (exact) mass is 804 g/mol. The van der Waals surface area contributed by atoms with Gasteiger partial charge in [0, 0.05) is 68.9 Å². The van der Waals surface area contributed by atoms with Crippen molar-refractivity contribution in [3.8, 4) is 11.5 Å². The Kier molecular flexibility index (Phi) is 11.9. The summed E-state index contributed by atoms with van der Waals surface area (Å²) in [7, 11) is 1.50. The normalized spacial score (nSPS) is 34.3. The quantitative estimate of drug-likeness (QED) is 0.348. The molecule has 2 fully saturated rings. The smallest absolute Gasteiger partial charge is 0.312 e. The molecule has 14 heteroatoms. The number of allylic oxidation sites excluding steroid dienone is 4. The number of carbonyl (C=O) groups is 5. The molecule has 5 aliphatic heterocycles. The van der Waals surface area contributed by atoms with Crippen LogP contribution in [0.3, 0.4) is 0 Å². The van der Waals surface area contributed by atoms with Gasteiger partial charge in [0.2, 0.25) is 11.6 Å². The molecule has 0 aromatic heterocycles. The molecule has 0 radical (unpaired) electrons. The largest absolute Gasteiger partial charge is 0.507 e. The van der Waals surface area contributed by atoms with E-state index in [2.05, 4.69) is 5.32 Å². The van der Waals surface area contributed by atoms with Gasteiger partial charge in [-0.05, 0) is 46.6 Å². The summed E-state index contributed by atoms with van der Waals surface area (Å²) in [6, 6.07) is 0. The van der Waals surface area contributed by atoms with E-state index in [4.69, 9.17) is 28.4 Å². The van der Waals surface area contributed by atoms with E-state index in [1.807, 2.05) is 47.6 Å². The first kappa shape index (κ1) is 42.8. The number of rotatable bonds is 3. The number of ketones is 3. The lowest BCUT2D eigenvalue weighted by atomic mass is 9.77. The summed E-state index contributed by atoms with van der Waals surface area (Å²) in [5.74, 6) is -8.18. The van der Waals surface area contributed by atoms with Gasteiger partial charge in [0.15, 0.2) is 5.79 Å². The lowest BCUT2D eigenvalue weighted by molar-refractivity contribution is -0.336. The van der Waals surface area contributed by atoms with Crippen LogP contribution in [0.25, 0.3) is 0 Å². The zero-order chi connectivity index (χ0) is 42.6. The van der Waals surface area contributed by atoms with Gasteiger partial charge in [0.1, 0.15) is 29.0 Å². The van der Waals surface area contributed by atoms with E-state index < -0.39 is 76.3 Å². The topological polar surface area (TPSA) is 176 Å². The molecule has 1 aromatic rings. The van der Waals surface area contributed by atoms with E-state index in [0.29, 0.717) is 13.1 Å². The van der Waals surface area contributed by atoms with Crippen molar-refractivity contribution in [2.75, 3.05) is 20.2 Å². The number of ether oxygens (including phenoxy) is 6. The van der Waals surface area contributed by atoms with Crippen LogP contribution in [-0.2, 0) is 33.3 Å². The molecule has 5 heterocycles. The summed E-state index contributed by atoms with van der Waals surface area (Å²) < 4.78 is 37.1. The Morgan fingerprint density at radius 3 is 2.19 bits per heavy atom. The second-order valence-corrected chi connectivity index (χ2v) is 16.8. The highest BCUT2D eigenvalue weighted by Crippen LogP contribution is 2.49. The fraction of sp³-hybridized carbons (Fsp3) is 0.568. The van der Waals surface area contributed by atoms with Gasteiger partial charge in [0.25, 0.3) is 11.7 Å². The third-order valence-corrected chi connectivity index (χ3v) is 12.1. The van der Waals surface area contributed by atoms with Crippen molar-refractivity contribution in [1.29, 1.82) is 0 Å². The Balaban J connectivity index is 1.50. The summed E-state index contributed by atoms with van der Waals surface area (Å²) >= 11 is 0. The molecule has 58 heavy (non-hydrogen) atoms. The van der Waals surface area contributed by atoms with E-state index in [1.54, 1.807) is 30.1 Å². The number of benzene rings is 1. The van der Waals surface area contributed by atoms with E-state index in [0.717, 1.165) is 12.8 Å². The number of Topliss-reactive ketones (excluding diaryl/α,β-unsaturated/α-hetero) is 3. The van der Waals surface area contributed by atoms with Gasteiger partial charge in [-0.2, -0.15) is 0 Å². The SMILES string of the molecule is CO[C@H]1/C=C\O[C@@]2(C)Oc3c(C)c(O)c4c(c3C2=O)C(=O)C(N2CCCC2)=C(NC(=O)/C(C)=C\C=C[C@H](C)[C@@H]2OC(C)(C)O[C@H]([C@H](C)[C@H](OC(C)=O)[C@@H]1C)[C@@H]2C)C4=O. The molecular formula is C44H56N2O12. The number of amides is 1. The predicted molar refractivity (Wildman–Crippen MR) is 211 cm³/mol. The van der Waals surface area contributed by atoms with Crippen molar-refractivity contribution >= 4 is 29.2 Å². The molecule has 7 rings (SSSR count). The number of phenolic OH excluding ortho intramolecular Hbond substituents is 1. The van der Waals surface area contributed by atoms with Crippen molar-refractivity contribution in [3.63, 3.8) is 0 Å². The third-order valence-electron chi connectivity index (χ3n) is 12.1. The maximum atomic E-state index is 14.7. The first-order valence-electron chi connectivity index (χ1n) is 20.0. The lowest BCUT2D eigenvalue weighted by Gasteiger charge is -2.50. The van der Waals surface area contributed by atoms with Crippen LogP contribution in [0, 0.1) is 30.6 Å². The van der Waals surface area contributed by atoms with Crippen LogP contribution in [0.1, 0.15) is 112 Å². The second kappa shape index (κ2) is 16.1. The molecule has 0 unspecified atom stereocenters. The van der Waals surface area contributed by atoms with Crippen LogP contribution in [0.15, 0.2) is 47.5 Å². The zero-order valence-corrected chi connectivity index (χ0v) is 35.2. The van der Waals surface area contributed by atoms with Crippen molar-refractivity contribution < 1.29 is 57.5 Å². The number of carbonyl (C=O) groups excluding carboxylic acids is 5. The molecule has 1 aliphatic carbocycles. The first-order chi connectivity index (χ1) is 27.2. The van der Waals surface area contributed by atoms with E-state index in [9.17, 15) is 29.1 Å². The Morgan fingerprint density at radius 2 is 1.55 bits per heavy atom. The molecule has 1 amide bonds. The number of aromatic hydroxyl groups is 1. The number of nitrogens with one attached hydrogen (secondary N) is 1. The Hall–Kier alpha value is -4.79. The highest BCUT2D eigenvalue weighted by atomic mass is 16.7. The molecule has 7 bridgehead atoms. The van der Waals surface area contributed by atoms with Gasteiger partial charge in [0.05, 0.1) is 41.3 Å². The average Bonchev–Trinajstić information content (AvgIpc) is 3.79. The van der Waals surface area contributed by atoms with E-state index in [1.165, 1.54) is 34.1 Å². The van der Waals surface area contributed by atoms with Crippen LogP contribution < -0.4 is 10.1 Å². The second-order valence-electron chi connectivity index (χ2n) is 16.8. The molecule has 14 nitrogen and oxygen atoms in total. The van der Waals surface area contributed by atoms with Crippen LogP contribution in [0.2, 0.25) is 0 Å². The van der Waals surface area contributed by atoms with Gasteiger partial charge in [-0.15, -0.1) is 0 Å². The molecule has 2 saturated heterocycles. The number of fused-ring (bicyclic) bond motifs is 10. The summed E-state index contributed by atoms with van der Waals surface area (Å²) in [6.45, 7) is 18.2. The molecule has 2 N–H and O–H groups in total. The van der Waals surface area contributed by atoms with Crippen molar-refractivity contribution in [2.24, 2.45) is 23.7 Å². The van der Waals surface area contributed by atoms with Crippen molar-refractivity contribution in [3.05, 3.63) is 69.8 Å². The third kappa shape index (κ3) is 7.61. The van der Waals surface area contributed by atoms with Gasteiger partial charge in [-0.25, -0.2) is 0 Å². The predicted octanol–water partition coefficient (Wildman–Crippen LogP) is 5.85. The summed E-state index contributed by atoms with van der Waals surface area (Å²) in [5, 5.41) is 14.2. The molecule has 0 saturated carbocycles. The molecule has 9 atom stereocenters. The average molecular weight is 805 g/mol. The van der Waals surface area contributed by atoms with Crippen molar-refractivity contribution in [1.82, 2.24) is 10.2 Å². The zero-order valence-electron chi connectivity index (χ0n) is 35.2. The van der Waals surface area contributed by atoms with Gasteiger partial charge in [-0.1, -0.05) is 45.9 Å². The van der Waals surface area contributed by atoms with Crippen LogP contribution in [0.4, 0.5) is 0 Å². The highest BCUT2D eigenvalue weighted by molar-refractivity contribution is 6.32. The van der Waals surface area contributed by atoms with Crippen molar-refractivity contribution in [2.45, 2.75) is 118 Å². The van der Waals surface area contributed by atoms with E-state index >= 15 is 0 Å². The maximum Gasteiger partial charge on any atom is 0.312 e. The van der Waals surface area contributed by atoms with E-state index in [-0.39, 0.29) is 63.3 Å². The Bertz CT molecular complexity index is 2020. The van der Waals surface area contributed by atoms with Gasteiger partial charge >= 0.3 is 11.8 Å². The number of hydrogen-bond donors (Lipinski definition) is 2. The van der Waals surface area contributed by atoms with Crippen LogP contribution in [0.5, 0.6) is 11.5 Å². The Morgan fingerprint density at radius 1 is 0.897 bits per heavy atom. The number of hydrogen-bond acceptors (Lipinski definition) is 13. The van der Waals surface area contributed by atoms with Crippen LogP contribution >= 0.6 is 0 Å². The minimum absolute atomic E-state index is 0.0473. The number of methoxy groups -OCH3 is 1. The van der Waals surface area contributed by atoms with Gasteiger partial charge in [-0.3, -0.25) is 24.0 Å². The molecular weight excluding hydrogens is 748 g/mol. The summed E-state index contributed by atoms with van der Waals surface area (Å²) in [6.07, 6.45) is 7.44. The standard InChI is InChI=1S/C44H56N2O12/c1-21-15-14-16-22(2)42(52)45-32-33(46-18-12-13-19-46)36(50)29-30(35(32)49)34(48)24(4)40-31(29)41(51)44(10,58-40)54-20-17-28(53-11)23(3)38(55-27(7)47)26(6)39-25(5)37(21)56-43(8,9)57-39/h14-17,20-21,23,25-26,28,37-39,48H,12-13,18-19H2,1-11H3,(H,45,52)/b15-14?,20-17-,22-16-/t21-,23+,25+,26+,28-,37-,38+,39-,44-/m0/s1. The minimum atomic E-state index is -2.02. The van der Waals surface area contributed by atoms with Crippen LogP contribution in [-0.4, -0.2) is 95.4 Å². The molecule has 6 aliphatic rings. The first-order valence-corrected chi connectivity index (χ1v) is 20.0. The number of esters is 1. The summed E-state index contributed by atoms with van der Waals surface area (Å²) in [4.78, 5) is 71.7. The fourth-order valence-corrected chi connectivity index (χ4v) is 9.00. The Labute approximate surface area is 339 Å². The number of likely N-dealkylation sites (tertiary alicyclic amines) is 1. The summed E-state index contributed by atoms with van der Waals surface area (Å²) in [5.41, 5.74) is -0.937. The molecule has 314 valence electrons. The molecule has 0 spiro atoms. The lowest BCUT2D eigenvalue weighted by Crippen LogP contribution is -2.56. The molecule has 1 aromatic carbocycles. The highest BCUT2D eigenvalue weighted by Gasteiger charge is 2.53. The minimum Gasteiger partial charge on any atom is -0.507 e. The number of phenols is 1. The maximum absolute atomic E-state index is 14.7. The van der Waals surface area contributed by atoms with Gasteiger partial charge < -0.3 is 43.7 Å². The fourth-order valence-electron chi connectivity index (χ4n) is 9.00.